The third-order valence-electron chi connectivity index (χ3n) is 3.01. The van der Waals surface area contributed by atoms with E-state index in [0.717, 1.165) is 5.56 Å². The van der Waals surface area contributed by atoms with Crippen LogP contribution in [0.15, 0.2) is 18.2 Å². The van der Waals surface area contributed by atoms with E-state index in [2.05, 4.69) is 5.32 Å². The Morgan fingerprint density at radius 2 is 2.19 bits per heavy atom. The van der Waals surface area contributed by atoms with Crippen LogP contribution in [-0.4, -0.2) is 29.8 Å². The van der Waals surface area contributed by atoms with Gasteiger partial charge in [0, 0.05) is 23.7 Å². The van der Waals surface area contributed by atoms with Crippen molar-refractivity contribution >= 4 is 23.4 Å². The highest BCUT2D eigenvalue weighted by Gasteiger charge is 2.42. The zero-order valence-corrected chi connectivity index (χ0v) is 9.12. The van der Waals surface area contributed by atoms with Gasteiger partial charge in [0.05, 0.1) is 0 Å². The monoisotopic (exact) mass is 236 g/mol. The Kier molecular flexibility index (Phi) is 1.94. The van der Waals surface area contributed by atoms with E-state index in [9.17, 15) is 9.59 Å². The number of amides is 2. The predicted molar refractivity (Wildman–Crippen MR) is 58.2 cm³/mol. The van der Waals surface area contributed by atoms with Crippen LogP contribution in [-0.2, 0) is 4.79 Å². The fourth-order valence-electron chi connectivity index (χ4n) is 2.30. The van der Waals surface area contributed by atoms with E-state index in [-0.39, 0.29) is 11.8 Å². The predicted octanol–water partition coefficient (Wildman–Crippen LogP) is 0.967. The summed E-state index contributed by atoms with van der Waals surface area (Å²) >= 11 is 5.85. The Morgan fingerprint density at radius 3 is 3.00 bits per heavy atom. The molecule has 2 aliphatic heterocycles. The maximum atomic E-state index is 12.0. The van der Waals surface area contributed by atoms with Crippen molar-refractivity contribution in [2.75, 3.05) is 13.1 Å². The number of halogens is 1. The molecule has 0 spiro atoms. The van der Waals surface area contributed by atoms with Crippen LogP contribution in [0.2, 0.25) is 5.02 Å². The van der Waals surface area contributed by atoms with Crippen LogP contribution in [0.25, 0.3) is 0 Å². The minimum absolute atomic E-state index is 0.0997. The van der Waals surface area contributed by atoms with Crippen LogP contribution in [0.3, 0.4) is 0 Å². The second-order valence-corrected chi connectivity index (χ2v) is 4.36. The van der Waals surface area contributed by atoms with Crippen LogP contribution in [0.5, 0.6) is 0 Å². The smallest absolute Gasteiger partial charge is 0.255 e. The van der Waals surface area contributed by atoms with Crippen LogP contribution in [0, 0.1) is 0 Å². The maximum absolute atomic E-state index is 12.0. The van der Waals surface area contributed by atoms with Gasteiger partial charge < -0.3 is 10.2 Å². The summed E-state index contributed by atoms with van der Waals surface area (Å²) in [6.07, 6.45) is 0. The third-order valence-corrected chi connectivity index (χ3v) is 3.25. The summed E-state index contributed by atoms with van der Waals surface area (Å²) in [5.41, 5.74) is 1.31. The maximum Gasteiger partial charge on any atom is 0.255 e. The van der Waals surface area contributed by atoms with Crippen molar-refractivity contribution in [1.29, 1.82) is 0 Å². The van der Waals surface area contributed by atoms with E-state index < -0.39 is 6.04 Å². The number of hydrogen-bond donors (Lipinski definition) is 1. The zero-order valence-electron chi connectivity index (χ0n) is 8.37. The molecule has 2 amide bonds. The molecule has 1 atom stereocenters. The van der Waals surface area contributed by atoms with E-state index in [4.69, 9.17) is 11.6 Å². The van der Waals surface area contributed by atoms with E-state index >= 15 is 0 Å². The number of piperazine rings is 1. The molecule has 16 heavy (non-hydrogen) atoms. The fourth-order valence-corrected chi connectivity index (χ4v) is 2.47. The van der Waals surface area contributed by atoms with Crippen LogP contribution in [0.1, 0.15) is 22.0 Å². The van der Waals surface area contributed by atoms with E-state index in [1.807, 2.05) is 0 Å². The average molecular weight is 237 g/mol. The topological polar surface area (TPSA) is 49.4 Å². The summed E-state index contributed by atoms with van der Waals surface area (Å²) in [6, 6.07) is 4.63. The molecule has 2 aliphatic rings. The number of nitrogens with zero attached hydrogens (tertiary/aromatic N) is 1. The molecular formula is C11H9ClN2O2. The van der Waals surface area contributed by atoms with Gasteiger partial charge in [0.1, 0.15) is 6.04 Å². The summed E-state index contributed by atoms with van der Waals surface area (Å²) in [5, 5.41) is 3.28. The van der Waals surface area contributed by atoms with Crippen molar-refractivity contribution < 1.29 is 9.59 Å². The van der Waals surface area contributed by atoms with Crippen molar-refractivity contribution in [3.63, 3.8) is 0 Å². The van der Waals surface area contributed by atoms with Gasteiger partial charge in [0.15, 0.2) is 0 Å². The second-order valence-electron chi connectivity index (χ2n) is 3.92. The first-order valence-corrected chi connectivity index (χ1v) is 5.44. The standard InChI is InChI=1S/C11H9ClN2O2/c12-6-1-2-7-8(5-6)11(16)14-4-3-13-10(15)9(7)14/h1-2,5,9H,3-4H2,(H,13,15). The largest absolute Gasteiger partial charge is 0.352 e. The normalized spacial score (nSPS) is 22.8. The Morgan fingerprint density at radius 1 is 1.38 bits per heavy atom. The molecule has 3 rings (SSSR count). The summed E-state index contributed by atoms with van der Waals surface area (Å²) in [5.74, 6) is -0.210. The fraction of sp³-hybridized carbons (Fsp3) is 0.273. The van der Waals surface area contributed by atoms with Gasteiger partial charge in [-0.05, 0) is 17.7 Å². The lowest BCUT2D eigenvalue weighted by Gasteiger charge is -2.29. The highest BCUT2D eigenvalue weighted by Crippen LogP contribution is 2.35. The number of fused-ring (bicyclic) bond motifs is 3. The highest BCUT2D eigenvalue weighted by atomic mass is 35.5. The van der Waals surface area contributed by atoms with Gasteiger partial charge in [0.25, 0.3) is 5.91 Å². The summed E-state index contributed by atoms with van der Waals surface area (Å²) in [4.78, 5) is 25.3. The average Bonchev–Trinajstić information content (AvgIpc) is 2.55. The van der Waals surface area contributed by atoms with Crippen LogP contribution >= 0.6 is 11.6 Å². The molecule has 0 radical (unpaired) electrons. The Balaban J connectivity index is 2.16. The SMILES string of the molecule is O=C1NCCN2C(=O)c3cc(Cl)ccc3C12. The number of rotatable bonds is 0. The first kappa shape index (κ1) is 9.66. The first-order valence-electron chi connectivity index (χ1n) is 5.06. The molecule has 1 unspecified atom stereocenters. The van der Waals surface area contributed by atoms with E-state index in [1.54, 1.807) is 23.1 Å². The van der Waals surface area contributed by atoms with Gasteiger partial charge in [-0.2, -0.15) is 0 Å². The molecule has 82 valence electrons. The van der Waals surface area contributed by atoms with Gasteiger partial charge in [-0.25, -0.2) is 0 Å². The molecule has 1 saturated heterocycles. The minimum atomic E-state index is -0.464. The number of nitrogens with one attached hydrogen (secondary N) is 1. The van der Waals surface area contributed by atoms with Gasteiger partial charge in [-0.3, -0.25) is 9.59 Å². The molecule has 0 aliphatic carbocycles. The number of hydrogen-bond acceptors (Lipinski definition) is 2. The number of carbonyl (C=O) groups excluding carboxylic acids is 2. The molecule has 1 N–H and O–H groups in total. The minimum Gasteiger partial charge on any atom is -0.352 e. The van der Waals surface area contributed by atoms with Gasteiger partial charge in [-0.1, -0.05) is 17.7 Å². The number of benzene rings is 1. The van der Waals surface area contributed by atoms with E-state index in [1.165, 1.54) is 0 Å². The van der Waals surface area contributed by atoms with Gasteiger partial charge >= 0.3 is 0 Å². The lowest BCUT2D eigenvalue weighted by Crippen LogP contribution is -2.48. The third kappa shape index (κ3) is 1.16. The number of carbonyl (C=O) groups is 2. The molecule has 0 bridgehead atoms. The molecule has 0 aromatic heterocycles. The van der Waals surface area contributed by atoms with Crippen LogP contribution < -0.4 is 5.32 Å². The second kappa shape index (κ2) is 3.22. The molecule has 5 heteroatoms. The van der Waals surface area contributed by atoms with Crippen LogP contribution in [0.4, 0.5) is 0 Å². The quantitative estimate of drug-likeness (QED) is 0.730. The van der Waals surface area contributed by atoms with Gasteiger partial charge in [-0.15, -0.1) is 0 Å². The lowest BCUT2D eigenvalue weighted by atomic mass is 10.0. The van der Waals surface area contributed by atoms with Crippen molar-refractivity contribution in [2.45, 2.75) is 6.04 Å². The first-order chi connectivity index (χ1) is 7.68. The summed E-state index contributed by atoms with van der Waals surface area (Å²) < 4.78 is 0. The molecular weight excluding hydrogens is 228 g/mol. The van der Waals surface area contributed by atoms with E-state index in [0.29, 0.717) is 23.7 Å². The Hall–Kier alpha value is -1.55. The molecule has 4 nitrogen and oxygen atoms in total. The summed E-state index contributed by atoms with van der Waals surface area (Å²) in [7, 11) is 0. The van der Waals surface area contributed by atoms with Gasteiger partial charge in [0.2, 0.25) is 5.91 Å². The zero-order chi connectivity index (χ0) is 11.3. The van der Waals surface area contributed by atoms with Crippen molar-refractivity contribution in [1.82, 2.24) is 10.2 Å². The molecule has 0 saturated carbocycles. The van der Waals surface area contributed by atoms with Crippen molar-refractivity contribution in [3.8, 4) is 0 Å². The lowest BCUT2D eigenvalue weighted by molar-refractivity contribution is -0.127. The summed E-state index contributed by atoms with van der Waals surface area (Å²) in [6.45, 7) is 1.07. The Labute approximate surface area is 97.2 Å². The molecule has 2 heterocycles. The van der Waals surface area contributed by atoms with Crippen molar-refractivity contribution in [3.05, 3.63) is 34.3 Å². The highest BCUT2D eigenvalue weighted by molar-refractivity contribution is 6.31. The van der Waals surface area contributed by atoms with Crippen molar-refractivity contribution in [2.24, 2.45) is 0 Å². The molecule has 1 fully saturated rings. The molecule has 1 aromatic carbocycles. The molecule has 1 aromatic rings. The Bertz CT molecular complexity index is 501.